The highest BCUT2D eigenvalue weighted by molar-refractivity contribution is 5.94. The normalized spacial score (nSPS) is 15.5. The third kappa shape index (κ3) is 7.31. The third-order valence-corrected chi connectivity index (χ3v) is 4.31. The highest BCUT2D eigenvalue weighted by Gasteiger charge is 2.09. The Labute approximate surface area is 155 Å². The van der Waals surface area contributed by atoms with E-state index in [9.17, 15) is 9.90 Å². The van der Waals surface area contributed by atoms with Gasteiger partial charge in [-0.2, -0.15) is 0 Å². The summed E-state index contributed by atoms with van der Waals surface area (Å²) in [5, 5.41) is 18.6. The van der Waals surface area contributed by atoms with Gasteiger partial charge in [-0.05, 0) is 57.1 Å². The van der Waals surface area contributed by atoms with Crippen molar-refractivity contribution < 1.29 is 9.90 Å². The fourth-order valence-corrected chi connectivity index (χ4v) is 2.90. The van der Waals surface area contributed by atoms with Gasteiger partial charge in [-0.3, -0.25) is 9.79 Å². The Kier molecular flexibility index (Phi) is 8.75. The van der Waals surface area contributed by atoms with Crippen molar-refractivity contribution >= 4 is 11.9 Å². The van der Waals surface area contributed by atoms with Gasteiger partial charge < -0.3 is 26.0 Å². The van der Waals surface area contributed by atoms with Crippen LogP contribution >= 0.6 is 0 Å². The summed E-state index contributed by atoms with van der Waals surface area (Å²) in [4.78, 5) is 19.1. The Balaban J connectivity index is 1.67. The molecule has 0 radical (unpaired) electrons. The number of nitrogens with zero attached hydrogens (tertiary/aromatic N) is 2. The third-order valence-electron chi connectivity index (χ3n) is 4.31. The smallest absolute Gasteiger partial charge is 0.251 e. The number of aromatic hydroxyl groups is 1. The van der Waals surface area contributed by atoms with Gasteiger partial charge in [0.05, 0.1) is 6.54 Å². The highest BCUT2D eigenvalue weighted by atomic mass is 16.3. The summed E-state index contributed by atoms with van der Waals surface area (Å²) in [6.07, 6.45) is 3.94. The first-order valence-corrected chi connectivity index (χ1v) is 9.51. The molecule has 0 aromatic heterocycles. The molecule has 7 nitrogen and oxygen atoms in total. The van der Waals surface area contributed by atoms with Crippen molar-refractivity contribution in [1.82, 2.24) is 20.9 Å². The Morgan fingerprint density at radius 3 is 2.46 bits per heavy atom. The second-order valence-corrected chi connectivity index (χ2v) is 6.39. The molecule has 1 aliphatic rings. The lowest BCUT2D eigenvalue weighted by Crippen LogP contribution is -2.42. The quantitative estimate of drug-likeness (QED) is 0.317. The maximum absolute atomic E-state index is 12.0. The monoisotopic (exact) mass is 361 g/mol. The van der Waals surface area contributed by atoms with Gasteiger partial charge in [-0.15, -0.1) is 0 Å². The molecule has 0 saturated carbocycles. The molecule has 2 rings (SSSR count). The number of phenols is 1. The van der Waals surface area contributed by atoms with Gasteiger partial charge in [-0.1, -0.05) is 6.42 Å². The number of likely N-dealkylation sites (tertiary alicyclic amines) is 1. The number of guanidine groups is 1. The predicted octanol–water partition coefficient (Wildman–Crippen LogP) is 1.16. The molecular weight excluding hydrogens is 330 g/mol. The lowest BCUT2D eigenvalue weighted by Gasteiger charge is -2.25. The minimum absolute atomic E-state index is 0.152. The van der Waals surface area contributed by atoms with E-state index in [-0.39, 0.29) is 11.7 Å². The largest absolute Gasteiger partial charge is 0.508 e. The van der Waals surface area contributed by atoms with Crippen molar-refractivity contribution in [3.63, 3.8) is 0 Å². The van der Waals surface area contributed by atoms with E-state index in [0.717, 1.165) is 25.6 Å². The minimum atomic E-state index is -0.154. The Morgan fingerprint density at radius 1 is 1.08 bits per heavy atom. The molecule has 1 aliphatic heterocycles. The van der Waals surface area contributed by atoms with E-state index in [1.807, 2.05) is 6.92 Å². The molecule has 0 unspecified atom stereocenters. The Hall–Kier alpha value is -2.28. The lowest BCUT2D eigenvalue weighted by atomic mass is 10.1. The van der Waals surface area contributed by atoms with Gasteiger partial charge in [0.15, 0.2) is 5.96 Å². The van der Waals surface area contributed by atoms with Crippen LogP contribution in [0.2, 0.25) is 0 Å². The maximum atomic E-state index is 12.0. The zero-order chi connectivity index (χ0) is 18.6. The SMILES string of the molecule is CCNC(=NCCN1CCCCC1)NCCNC(=O)c1ccc(O)cc1. The predicted molar refractivity (Wildman–Crippen MR) is 105 cm³/mol. The number of carbonyl (C=O) groups is 1. The zero-order valence-electron chi connectivity index (χ0n) is 15.6. The molecule has 1 fully saturated rings. The molecule has 0 spiro atoms. The van der Waals surface area contributed by atoms with E-state index in [1.165, 1.54) is 44.5 Å². The standard InChI is InChI=1S/C19H31N5O2/c1-2-20-19(23-12-15-24-13-4-3-5-14-24)22-11-10-21-18(26)16-6-8-17(25)9-7-16/h6-9,25H,2-5,10-15H2,1H3,(H,21,26)(H2,20,22,23). The molecule has 1 heterocycles. The van der Waals surface area contributed by atoms with Crippen LogP contribution in [-0.4, -0.2) is 67.7 Å². The summed E-state index contributed by atoms with van der Waals surface area (Å²) < 4.78 is 0. The van der Waals surface area contributed by atoms with Crippen molar-refractivity contribution in [1.29, 1.82) is 0 Å². The van der Waals surface area contributed by atoms with Crippen LogP contribution in [0.4, 0.5) is 0 Å². The number of hydrogen-bond acceptors (Lipinski definition) is 4. The number of aliphatic imine (C=N–C) groups is 1. The number of hydrogen-bond donors (Lipinski definition) is 4. The van der Waals surface area contributed by atoms with E-state index >= 15 is 0 Å². The van der Waals surface area contributed by atoms with Crippen LogP contribution in [0.1, 0.15) is 36.5 Å². The number of rotatable bonds is 8. The summed E-state index contributed by atoms with van der Waals surface area (Å²) in [6, 6.07) is 6.21. The van der Waals surface area contributed by atoms with Crippen LogP contribution in [0, 0.1) is 0 Å². The number of carbonyl (C=O) groups excluding carboxylic acids is 1. The molecule has 1 amide bonds. The molecule has 1 aromatic carbocycles. The van der Waals surface area contributed by atoms with E-state index in [1.54, 1.807) is 12.1 Å². The number of phenolic OH excluding ortho intramolecular Hbond substituents is 1. The van der Waals surface area contributed by atoms with Gasteiger partial charge in [0.1, 0.15) is 5.75 Å². The van der Waals surface area contributed by atoms with E-state index < -0.39 is 0 Å². The van der Waals surface area contributed by atoms with E-state index in [2.05, 4.69) is 25.8 Å². The van der Waals surface area contributed by atoms with Crippen molar-refractivity contribution in [2.45, 2.75) is 26.2 Å². The molecule has 26 heavy (non-hydrogen) atoms. The summed E-state index contributed by atoms with van der Waals surface area (Å²) in [6.45, 7) is 8.06. The van der Waals surface area contributed by atoms with Crippen LogP contribution in [-0.2, 0) is 0 Å². The van der Waals surface area contributed by atoms with Gasteiger partial charge in [-0.25, -0.2) is 0 Å². The van der Waals surface area contributed by atoms with E-state index in [4.69, 9.17) is 0 Å². The van der Waals surface area contributed by atoms with Crippen LogP contribution in [0.25, 0.3) is 0 Å². The first-order chi connectivity index (χ1) is 12.7. The van der Waals surface area contributed by atoms with Crippen molar-refractivity contribution in [3.8, 4) is 5.75 Å². The van der Waals surface area contributed by atoms with Gasteiger partial charge in [0.25, 0.3) is 5.91 Å². The number of piperidine rings is 1. The van der Waals surface area contributed by atoms with Crippen LogP contribution in [0.15, 0.2) is 29.3 Å². The summed E-state index contributed by atoms with van der Waals surface area (Å²) in [5.74, 6) is 0.779. The average Bonchev–Trinajstić information content (AvgIpc) is 2.66. The Morgan fingerprint density at radius 2 is 1.77 bits per heavy atom. The second-order valence-electron chi connectivity index (χ2n) is 6.39. The van der Waals surface area contributed by atoms with Crippen LogP contribution in [0.5, 0.6) is 5.75 Å². The van der Waals surface area contributed by atoms with E-state index in [0.29, 0.717) is 18.7 Å². The van der Waals surface area contributed by atoms with Crippen LogP contribution < -0.4 is 16.0 Å². The van der Waals surface area contributed by atoms with Gasteiger partial charge in [0, 0.05) is 31.7 Å². The molecule has 0 aliphatic carbocycles. The average molecular weight is 361 g/mol. The summed E-state index contributed by atoms with van der Waals surface area (Å²) >= 11 is 0. The molecule has 144 valence electrons. The zero-order valence-corrected chi connectivity index (χ0v) is 15.6. The summed E-state index contributed by atoms with van der Waals surface area (Å²) in [5.41, 5.74) is 0.532. The fourth-order valence-electron chi connectivity index (χ4n) is 2.90. The summed E-state index contributed by atoms with van der Waals surface area (Å²) in [7, 11) is 0. The van der Waals surface area contributed by atoms with Crippen molar-refractivity contribution in [2.75, 3.05) is 45.8 Å². The molecular formula is C19H31N5O2. The van der Waals surface area contributed by atoms with Gasteiger partial charge in [0.2, 0.25) is 0 Å². The lowest BCUT2D eigenvalue weighted by molar-refractivity contribution is 0.0954. The number of nitrogens with one attached hydrogen (secondary N) is 3. The molecule has 1 aromatic rings. The maximum Gasteiger partial charge on any atom is 0.251 e. The molecule has 7 heteroatoms. The molecule has 0 atom stereocenters. The first kappa shape index (κ1) is 20.0. The second kappa shape index (κ2) is 11.4. The van der Waals surface area contributed by atoms with Crippen molar-refractivity contribution in [3.05, 3.63) is 29.8 Å². The molecule has 0 bridgehead atoms. The fraction of sp³-hybridized carbons (Fsp3) is 0.579. The minimum Gasteiger partial charge on any atom is -0.508 e. The number of benzene rings is 1. The topological polar surface area (TPSA) is 89.0 Å². The highest BCUT2D eigenvalue weighted by Crippen LogP contribution is 2.09. The molecule has 4 N–H and O–H groups in total. The first-order valence-electron chi connectivity index (χ1n) is 9.51. The number of amides is 1. The molecule has 1 saturated heterocycles. The van der Waals surface area contributed by atoms with Crippen molar-refractivity contribution in [2.24, 2.45) is 4.99 Å². The van der Waals surface area contributed by atoms with Gasteiger partial charge >= 0.3 is 0 Å². The van der Waals surface area contributed by atoms with Crippen LogP contribution in [0.3, 0.4) is 0 Å². The Bertz CT molecular complexity index is 568.